The van der Waals surface area contributed by atoms with Gasteiger partial charge in [-0.25, -0.2) is 9.59 Å². The average molecular weight is 600 g/mol. The minimum absolute atomic E-state index is 0.225. The lowest BCUT2D eigenvalue weighted by atomic mass is 10.0. The number of carboxylic acid groups (broad SMARTS) is 2. The van der Waals surface area contributed by atoms with Gasteiger partial charge in [0.05, 0.1) is 11.4 Å². The van der Waals surface area contributed by atoms with Crippen molar-refractivity contribution in [2.24, 2.45) is 0 Å². The molecule has 0 aliphatic rings. The van der Waals surface area contributed by atoms with Crippen molar-refractivity contribution in [3.8, 4) is 11.1 Å². The summed E-state index contributed by atoms with van der Waals surface area (Å²) in [6.45, 7) is 3.15. The molecule has 9 nitrogen and oxygen atoms in total. The Balaban J connectivity index is 1.63. The highest BCUT2D eigenvalue weighted by atomic mass is 32.1. The van der Waals surface area contributed by atoms with Gasteiger partial charge >= 0.3 is 11.9 Å². The van der Waals surface area contributed by atoms with Crippen LogP contribution in [0.15, 0.2) is 102 Å². The first kappa shape index (κ1) is 31.0. The van der Waals surface area contributed by atoms with Crippen LogP contribution in [-0.4, -0.2) is 52.1 Å². The molecule has 0 saturated carbocycles. The lowest BCUT2D eigenvalue weighted by Crippen LogP contribution is -2.57. The number of carbonyl (C=O) groups is 4. The third kappa shape index (κ3) is 7.66. The highest BCUT2D eigenvalue weighted by Crippen LogP contribution is 2.30. The summed E-state index contributed by atoms with van der Waals surface area (Å²) in [6.07, 6.45) is -0.419. The fraction of sp³-hybridized carbons (Fsp3) is 0.212. The summed E-state index contributed by atoms with van der Waals surface area (Å²) in [7, 11) is 0. The number of anilines is 2. The van der Waals surface area contributed by atoms with Crippen molar-refractivity contribution in [2.45, 2.75) is 44.9 Å². The van der Waals surface area contributed by atoms with Gasteiger partial charge in [0, 0.05) is 12.2 Å². The number of nitrogens with zero attached hydrogens (tertiary/aromatic N) is 2. The van der Waals surface area contributed by atoms with Crippen LogP contribution in [-0.2, 0) is 25.7 Å². The molecule has 1 heterocycles. The summed E-state index contributed by atoms with van der Waals surface area (Å²) in [4.78, 5) is 54.4. The predicted molar refractivity (Wildman–Crippen MR) is 167 cm³/mol. The Bertz CT molecular complexity index is 1530. The molecule has 4 rings (SSSR count). The Hall–Kier alpha value is -4.96. The highest BCUT2D eigenvalue weighted by molar-refractivity contribution is 7.14. The fourth-order valence-corrected chi connectivity index (χ4v) is 5.66. The van der Waals surface area contributed by atoms with Crippen molar-refractivity contribution in [1.29, 1.82) is 0 Å². The van der Waals surface area contributed by atoms with E-state index in [0.717, 1.165) is 21.6 Å². The van der Waals surface area contributed by atoms with Gasteiger partial charge < -0.3 is 20.4 Å². The molecule has 2 amide bonds. The second kappa shape index (κ2) is 14.3. The van der Waals surface area contributed by atoms with Crippen LogP contribution in [0.4, 0.5) is 10.7 Å². The first-order valence-corrected chi connectivity index (χ1v) is 14.6. The normalized spacial score (nSPS) is 12.9. The highest BCUT2D eigenvalue weighted by Gasteiger charge is 2.39. The van der Waals surface area contributed by atoms with Crippen LogP contribution in [0.25, 0.3) is 11.1 Å². The second-order valence-electron chi connectivity index (χ2n) is 9.99. The van der Waals surface area contributed by atoms with Crippen molar-refractivity contribution in [1.82, 2.24) is 5.32 Å². The lowest BCUT2D eigenvalue weighted by molar-refractivity contribution is -0.141. The Morgan fingerprint density at radius 2 is 1.35 bits per heavy atom. The number of rotatable bonds is 13. The maximum absolute atomic E-state index is 14.1. The van der Waals surface area contributed by atoms with Gasteiger partial charge in [-0.2, -0.15) is 0 Å². The molecule has 222 valence electrons. The number of hydrogen-bond acceptors (Lipinski definition) is 6. The topological polar surface area (TPSA) is 127 Å². The zero-order valence-electron chi connectivity index (χ0n) is 23.8. The molecule has 3 N–H and O–H groups in total. The molecule has 0 spiro atoms. The van der Waals surface area contributed by atoms with E-state index in [1.54, 1.807) is 41.8 Å². The third-order valence-corrected chi connectivity index (χ3v) is 7.98. The molecule has 3 atom stereocenters. The minimum atomic E-state index is -1.39. The number of nitrogens with one attached hydrogen (secondary N) is 1. The Kier molecular flexibility index (Phi) is 10.3. The third-order valence-electron chi connectivity index (χ3n) is 7.10. The molecule has 0 aliphatic carbocycles. The van der Waals surface area contributed by atoms with E-state index < -0.39 is 48.3 Å². The molecular weight excluding hydrogens is 566 g/mol. The molecule has 0 saturated heterocycles. The summed E-state index contributed by atoms with van der Waals surface area (Å²) in [5.74, 6) is -3.62. The number of hydrogen-bond donors (Lipinski definition) is 3. The number of carboxylic acids is 2. The van der Waals surface area contributed by atoms with E-state index >= 15 is 0 Å². The SMILES string of the molecule is C[C@@H](C(=O)O)N(C(=O)[C@H](C)N(c1cccs1)C(CC(=O)NCc1ccccc1)C(=O)O)c1ccc(-c2ccccc2)cc1. The van der Waals surface area contributed by atoms with Crippen molar-refractivity contribution in [3.05, 3.63) is 108 Å². The molecule has 0 bridgehead atoms. The quantitative estimate of drug-likeness (QED) is 0.191. The summed E-state index contributed by atoms with van der Waals surface area (Å²) < 4.78 is 0. The van der Waals surface area contributed by atoms with Gasteiger partial charge in [-0.05, 0) is 60.2 Å². The van der Waals surface area contributed by atoms with Crippen LogP contribution < -0.4 is 15.1 Å². The van der Waals surface area contributed by atoms with Crippen molar-refractivity contribution < 1.29 is 29.4 Å². The Labute approximate surface area is 254 Å². The van der Waals surface area contributed by atoms with Gasteiger partial charge in [0.15, 0.2) is 0 Å². The molecule has 1 unspecified atom stereocenters. The molecule has 0 aliphatic heterocycles. The standard InChI is InChI=1S/C33H33N3O6S/c1-22(31(38)35(23(2)32(39)40)27-17-15-26(16-18-27)25-12-7-4-8-13-25)36(30-14-9-19-43-30)28(33(41)42)20-29(37)34-21-24-10-5-3-6-11-24/h3-19,22-23,28H,20-21H2,1-2H3,(H,34,37)(H,39,40)(H,41,42)/t22-,23-,28?/m0/s1. The molecule has 1 aromatic heterocycles. The van der Waals surface area contributed by atoms with Crippen molar-refractivity contribution >= 4 is 45.8 Å². The van der Waals surface area contributed by atoms with Crippen LogP contribution in [0.2, 0.25) is 0 Å². The van der Waals surface area contributed by atoms with Crippen LogP contribution >= 0.6 is 11.3 Å². The maximum atomic E-state index is 14.1. The van der Waals surface area contributed by atoms with Crippen LogP contribution in [0.1, 0.15) is 25.8 Å². The van der Waals surface area contributed by atoms with Gasteiger partial charge in [0.2, 0.25) is 11.8 Å². The number of thiophene rings is 1. The van der Waals surface area contributed by atoms with Gasteiger partial charge in [-0.1, -0.05) is 72.8 Å². The molecule has 10 heteroatoms. The molecule has 0 fully saturated rings. The van der Waals surface area contributed by atoms with Crippen molar-refractivity contribution in [2.75, 3.05) is 9.80 Å². The zero-order chi connectivity index (χ0) is 30.9. The molecule has 0 radical (unpaired) electrons. The molecule has 4 aromatic rings. The van der Waals surface area contributed by atoms with Crippen LogP contribution in [0.5, 0.6) is 0 Å². The second-order valence-corrected chi connectivity index (χ2v) is 10.9. The number of benzene rings is 3. The van der Waals surface area contributed by atoms with Crippen LogP contribution in [0.3, 0.4) is 0 Å². The van der Waals surface area contributed by atoms with Crippen molar-refractivity contribution in [3.63, 3.8) is 0 Å². The Morgan fingerprint density at radius 1 is 0.744 bits per heavy atom. The smallest absolute Gasteiger partial charge is 0.326 e. The first-order chi connectivity index (χ1) is 20.7. The monoisotopic (exact) mass is 599 g/mol. The van der Waals surface area contributed by atoms with E-state index in [2.05, 4.69) is 5.32 Å². The van der Waals surface area contributed by atoms with E-state index in [1.165, 1.54) is 30.1 Å². The number of carbonyl (C=O) groups excluding carboxylic acids is 2. The van der Waals surface area contributed by atoms with Gasteiger partial charge in [0.1, 0.15) is 18.1 Å². The lowest BCUT2D eigenvalue weighted by Gasteiger charge is -2.38. The summed E-state index contributed by atoms with van der Waals surface area (Å²) >= 11 is 1.23. The van der Waals surface area contributed by atoms with E-state index in [1.807, 2.05) is 60.7 Å². The number of amides is 2. The Morgan fingerprint density at radius 3 is 1.91 bits per heavy atom. The van der Waals surface area contributed by atoms with E-state index in [0.29, 0.717) is 10.7 Å². The van der Waals surface area contributed by atoms with E-state index in [4.69, 9.17) is 0 Å². The number of aliphatic carboxylic acids is 2. The molecule has 3 aromatic carbocycles. The molecule has 43 heavy (non-hydrogen) atoms. The van der Waals surface area contributed by atoms with Crippen LogP contribution in [0, 0.1) is 0 Å². The maximum Gasteiger partial charge on any atom is 0.326 e. The predicted octanol–water partition coefficient (Wildman–Crippen LogP) is 5.28. The largest absolute Gasteiger partial charge is 0.480 e. The summed E-state index contributed by atoms with van der Waals surface area (Å²) in [5.41, 5.74) is 3.06. The zero-order valence-corrected chi connectivity index (χ0v) is 24.6. The minimum Gasteiger partial charge on any atom is -0.480 e. The van der Waals surface area contributed by atoms with E-state index in [9.17, 15) is 29.4 Å². The fourth-order valence-electron chi connectivity index (χ4n) is 4.80. The average Bonchev–Trinajstić information content (AvgIpc) is 3.55. The summed E-state index contributed by atoms with van der Waals surface area (Å²) in [5, 5.41) is 25.1. The van der Waals surface area contributed by atoms with Gasteiger partial charge in [-0.15, -0.1) is 11.3 Å². The first-order valence-electron chi connectivity index (χ1n) is 13.7. The molecular formula is C33H33N3O6S. The van der Waals surface area contributed by atoms with E-state index in [-0.39, 0.29) is 6.54 Å². The van der Waals surface area contributed by atoms with Gasteiger partial charge in [0.25, 0.3) is 0 Å². The summed E-state index contributed by atoms with van der Waals surface area (Å²) in [6, 6.07) is 25.4. The van der Waals surface area contributed by atoms with Gasteiger partial charge in [-0.3, -0.25) is 14.5 Å².